The quantitative estimate of drug-likeness (QED) is 0.458. The molecule has 0 rings (SSSR count). The molecular weight excluding hydrogens is 292 g/mol. The largest absolute Gasteiger partial charge is 0.481 e. The van der Waals surface area contributed by atoms with Gasteiger partial charge in [0, 0.05) is 0 Å². The highest BCUT2D eigenvalue weighted by atomic mass is 16.4. The molecule has 2 unspecified atom stereocenters. The number of rotatable bonds is 11. The van der Waals surface area contributed by atoms with Crippen molar-refractivity contribution in [1.29, 1.82) is 0 Å². The Morgan fingerprint density at radius 1 is 0.864 bits per heavy atom. The first-order valence-electron chi connectivity index (χ1n) is 7.57. The van der Waals surface area contributed by atoms with E-state index in [0.717, 1.165) is 0 Å². The first-order valence-corrected chi connectivity index (χ1v) is 7.57. The molecule has 0 aromatic heterocycles. The van der Waals surface area contributed by atoms with Crippen LogP contribution in [0, 0.1) is 11.3 Å². The van der Waals surface area contributed by atoms with Crippen molar-refractivity contribution >= 4 is 17.9 Å². The summed E-state index contributed by atoms with van der Waals surface area (Å²) in [6.07, 6.45) is 0.640. The van der Waals surface area contributed by atoms with Crippen LogP contribution >= 0.6 is 0 Å². The Balaban J connectivity index is 6.37. The lowest BCUT2D eigenvalue weighted by atomic mass is 9.60. The summed E-state index contributed by atoms with van der Waals surface area (Å²) < 4.78 is 0. The maximum absolute atomic E-state index is 11.9. The molecule has 7 heteroatoms. The number of carbonyl (C=O) groups is 3. The summed E-state index contributed by atoms with van der Waals surface area (Å²) in [5, 5.41) is 39.4. The van der Waals surface area contributed by atoms with Gasteiger partial charge in [-0.2, -0.15) is 0 Å². The van der Waals surface area contributed by atoms with E-state index in [1.165, 1.54) is 0 Å². The monoisotopic (exact) mass is 318 g/mol. The fourth-order valence-electron chi connectivity index (χ4n) is 3.22. The smallest absolute Gasteiger partial charge is 0.337 e. The third kappa shape index (κ3) is 3.40. The predicted octanol–water partition coefficient (Wildman–Crippen LogP) is 1.97. The van der Waals surface area contributed by atoms with E-state index >= 15 is 0 Å². The number of carboxylic acids is 3. The molecule has 0 spiro atoms. The van der Waals surface area contributed by atoms with E-state index in [1.807, 2.05) is 0 Å². The number of hydrogen-bond donors (Lipinski definition) is 4. The second-order valence-electron chi connectivity index (χ2n) is 5.64. The van der Waals surface area contributed by atoms with Crippen molar-refractivity contribution in [2.24, 2.45) is 11.3 Å². The van der Waals surface area contributed by atoms with Crippen molar-refractivity contribution < 1.29 is 34.8 Å². The van der Waals surface area contributed by atoms with Crippen LogP contribution in [-0.4, -0.2) is 43.9 Å². The molecule has 0 fully saturated rings. The van der Waals surface area contributed by atoms with E-state index in [0.29, 0.717) is 19.3 Å². The zero-order valence-corrected chi connectivity index (χ0v) is 13.3. The average molecular weight is 318 g/mol. The van der Waals surface area contributed by atoms with Gasteiger partial charge in [0.2, 0.25) is 0 Å². The van der Waals surface area contributed by atoms with Crippen LogP contribution in [0.3, 0.4) is 0 Å². The van der Waals surface area contributed by atoms with E-state index < -0.39 is 34.8 Å². The molecule has 0 amide bonds. The van der Waals surface area contributed by atoms with Gasteiger partial charge in [-0.15, -0.1) is 0 Å². The highest BCUT2D eigenvalue weighted by Gasteiger charge is 2.65. The summed E-state index contributed by atoms with van der Waals surface area (Å²) in [4.78, 5) is 35.1. The molecule has 0 aliphatic carbocycles. The topological polar surface area (TPSA) is 132 Å². The highest BCUT2D eigenvalue weighted by Crippen LogP contribution is 2.47. The van der Waals surface area contributed by atoms with Crippen molar-refractivity contribution in [2.45, 2.75) is 64.9 Å². The van der Waals surface area contributed by atoms with Gasteiger partial charge >= 0.3 is 17.9 Å². The summed E-state index contributed by atoms with van der Waals surface area (Å²) in [6.45, 7) is 5.00. The van der Waals surface area contributed by atoms with Gasteiger partial charge in [-0.25, -0.2) is 4.79 Å². The minimum Gasteiger partial charge on any atom is -0.481 e. The lowest BCUT2D eigenvalue weighted by Crippen LogP contribution is -2.64. The van der Waals surface area contributed by atoms with Gasteiger partial charge in [-0.1, -0.05) is 40.0 Å². The fraction of sp³-hybridized carbons (Fsp3) is 0.800. The zero-order chi connectivity index (χ0) is 17.6. The molecule has 4 N–H and O–H groups in total. The van der Waals surface area contributed by atoms with Crippen LogP contribution in [0.1, 0.15) is 59.3 Å². The Morgan fingerprint density at radius 2 is 1.32 bits per heavy atom. The summed E-state index contributed by atoms with van der Waals surface area (Å²) >= 11 is 0. The molecule has 0 aromatic carbocycles. The molecule has 0 radical (unpaired) electrons. The van der Waals surface area contributed by atoms with Gasteiger partial charge < -0.3 is 20.4 Å². The van der Waals surface area contributed by atoms with Crippen molar-refractivity contribution in [1.82, 2.24) is 0 Å². The summed E-state index contributed by atoms with van der Waals surface area (Å²) in [5.74, 6) is -6.44. The number of carboxylic acid groups (broad SMARTS) is 3. The summed E-state index contributed by atoms with van der Waals surface area (Å²) in [7, 11) is 0. The number of aliphatic hydroxyl groups is 1. The van der Waals surface area contributed by atoms with E-state index in [4.69, 9.17) is 0 Å². The van der Waals surface area contributed by atoms with Crippen molar-refractivity contribution in [3.8, 4) is 0 Å². The molecule has 0 bridgehead atoms. The first kappa shape index (κ1) is 20.4. The minimum absolute atomic E-state index is 0.105. The Bertz CT molecular complexity index is 412. The molecule has 128 valence electrons. The van der Waals surface area contributed by atoms with E-state index in [9.17, 15) is 34.8 Å². The molecule has 2 atom stereocenters. The standard InChI is InChI=1S/C15H26O7/c1-4-7-10(11(16)17)15(22,13(20)21)14(8-5-2,9-6-3)12(18)19/h10,22H,4-9H2,1-3H3,(H,16,17)(H,18,19)(H,20,21). The molecule has 7 nitrogen and oxygen atoms in total. The molecule has 0 aromatic rings. The van der Waals surface area contributed by atoms with Crippen molar-refractivity contribution in [3.05, 3.63) is 0 Å². The predicted molar refractivity (Wildman–Crippen MR) is 78.5 cm³/mol. The van der Waals surface area contributed by atoms with Crippen LogP contribution < -0.4 is 0 Å². The zero-order valence-electron chi connectivity index (χ0n) is 13.3. The maximum atomic E-state index is 11.9. The molecule has 0 heterocycles. The second kappa shape index (κ2) is 8.12. The lowest BCUT2D eigenvalue weighted by molar-refractivity contribution is -0.207. The SMILES string of the molecule is CCCC(C(=O)O)C(O)(C(=O)O)C(CCC)(CCC)C(=O)O. The van der Waals surface area contributed by atoms with Gasteiger partial charge in [0.25, 0.3) is 0 Å². The Morgan fingerprint density at radius 3 is 1.55 bits per heavy atom. The van der Waals surface area contributed by atoms with Crippen LogP contribution in [0.5, 0.6) is 0 Å². The highest BCUT2D eigenvalue weighted by molar-refractivity contribution is 5.93. The number of hydrogen-bond acceptors (Lipinski definition) is 4. The molecule has 0 saturated heterocycles. The van der Waals surface area contributed by atoms with Crippen LogP contribution in [0.2, 0.25) is 0 Å². The molecule has 0 aliphatic rings. The summed E-state index contributed by atoms with van der Waals surface area (Å²) in [6, 6.07) is 0. The third-order valence-corrected chi connectivity index (χ3v) is 4.20. The third-order valence-electron chi connectivity index (χ3n) is 4.20. The van der Waals surface area contributed by atoms with Crippen LogP contribution in [-0.2, 0) is 14.4 Å². The molecule has 22 heavy (non-hydrogen) atoms. The molecule has 0 saturated carbocycles. The van der Waals surface area contributed by atoms with Gasteiger partial charge in [-0.05, 0) is 19.3 Å². The summed E-state index contributed by atoms with van der Waals surface area (Å²) in [5.41, 5.74) is -4.88. The molecular formula is C15H26O7. The van der Waals surface area contributed by atoms with E-state index in [-0.39, 0.29) is 19.3 Å². The van der Waals surface area contributed by atoms with Crippen LogP contribution in [0.4, 0.5) is 0 Å². The number of aliphatic carboxylic acids is 3. The Labute approximate surface area is 130 Å². The minimum atomic E-state index is -2.85. The normalized spacial score (nSPS) is 15.8. The van der Waals surface area contributed by atoms with Gasteiger partial charge in [0.1, 0.15) is 5.41 Å². The average Bonchev–Trinajstić information content (AvgIpc) is 2.42. The van der Waals surface area contributed by atoms with E-state index in [2.05, 4.69) is 0 Å². The van der Waals surface area contributed by atoms with Crippen LogP contribution in [0.15, 0.2) is 0 Å². The van der Waals surface area contributed by atoms with Crippen molar-refractivity contribution in [2.75, 3.05) is 0 Å². The van der Waals surface area contributed by atoms with E-state index in [1.54, 1.807) is 20.8 Å². The fourth-order valence-corrected chi connectivity index (χ4v) is 3.22. The van der Waals surface area contributed by atoms with Gasteiger partial charge in [-0.3, -0.25) is 9.59 Å². The van der Waals surface area contributed by atoms with Crippen LogP contribution in [0.25, 0.3) is 0 Å². The second-order valence-corrected chi connectivity index (χ2v) is 5.64. The molecule has 0 aliphatic heterocycles. The Hall–Kier alpha value is -1.63. The van der Waals surface area contributed by atoms with Crippen molar-refractivity contribution in [3.63, 3.8) is 0 Å². The lowest BCUT2D eigenvalue weighted by Gasteiger charge is -2.44. The maximum Gasteiger partial charge on any atom is 0.337 e. The van der Waals surface area contributed by atoms with Gasteiger partial charge in [0.15, 0.2) is 5.60 Å². The van der Waals surface area contributed by atoms with Gasteiger partial charge in [0.05, 0.1) is 5.92 Å². The first-order chi connectivity index (χ1) is 10.2. The Kier molecular flexibility index (Phi) is 7.52.